The number of benzene rings is 2. The Morgan fingerprint density at radius 1 is 0.609 bits per heavy atom. The largest absolute Gasteiger partial charge is 0.329 e. The Bertz CT molecular complexity index is 1910. The fourth-order valence-corrected chi connectivity index (χ4v) is 7.16. The fourth-order valence-electron chi connectivity index (χ4n) is 7.16. The normalized spacial score (nSPS) is 26.0. The lowest BCUT2D eigenvalue weighted by Gasteiger charge is -2.40. The van der Waals surface area contributed by atoms with Gasteiger partial charge >= 0.3 is 0 Å². The molecule has 1 heteroatoms. The summed E-state index contributed by atoms with van der Waals surface area (Å²) in [6, 6.07) is 21.5. The zero-order valence-electron chi connectivity index (χ0n) is 27.4. The van der Waals surface area contributed by atoms with Crippen LogP contribution in [0.3, 0.4) is 0 Å². The first-order valence-electron chi connectivity index (χ1n) is 16.5. The molecule has 0 fully saturated rings. The number of hydrogen-bond donors (Lipinski definition) is 0. The van der Waals surface area contributed by atoms with E-state index in [0.29, 0.717) is 0 Å². The molecule has 0 heterocycles. The van der Waals surface area contributed by atoms with Gasteiger partial charge in [-0.1, -0.05) is 153 Å². The number of allylic oxidation sites excluding steroid dienone is 20. The summed E-state index contributed by atoms with van der Waals surface area (Å²) >= 11 is 0. The van der Waals surface area contributed by atoms with Crippen LogP contribution in [0.15, 0.2) is 198 Å². The summed E-state index contributed by atoms with van der Waals surface area (Å²) in [5, 5.41) is 0. The van der Waals surface area contributed by atoms with Gasteiger partial charge in [-0.05, 0) is 90.0 Å². The molecule has 0 saturated heterocycles. The summed E-state index contributed by atoms with van der Waals surface area (Å²) in [7, 11) is 0. The van der Waals surface area contributed by atoms with Gasteiger partial charge in [-0.2, -0.15) is 0 Å². The lowest BCUT2D eigenvalue weighted by molar-refractivity contribution is 0.321. The molecule has 46 heavy (non-hydrogen) atoms. The van der Waals surface area contributed by atoms with E-state index in [-0.39, 0.29) is 10.8 Å². The SMILES string of the molecule is CC1(C)C=CC=C2CC3=C(C=CC(C)(N(C4=CC=CC(C)(c5ccccc5)C=C4)C4=CC=C(c5ccccc5)CC=C4)C=C3)C2=C1. The molecule has 0 bridgehead atoms. The van der Waals surface area contributed by atoms with Crippen molar-refractivity contribution in [2.75, 3.05) is 0 Å². The van der Waals surface area contributed by atoms with E-state index in [1.807, 2.05) is 0 Å². The van der Waals surface area contributed by atoms with Gasteiger partial charge in [0.1, 0.15) is 0 Å². The van der Waals surface area contributed by atoms with Gasteiger partial charge in [0.15, 0.2) is 0 Å². The van der Waals surface area contributed by atoms with Crippen LogP contribution >= 0.6 is 0 Å². The minimum atomic E-state index is -0.411. The Hall–Kier alpha value is -4.88. The molecule has 5 aliphatic rings. The molecule has 0 N–H and O–H groups in total. The second-order valence-electron chi connectivity index (χ2n) is 14.0. The predicted molar refractivity (Wildman–Crippen MR) is 196 cm³/mol. The summed E-state index contributed by atoms with van der Waals surface area (Å²) in [6.45, 7) is 9.21. The van der Waals surface area contributed by atoms with Crippen molar-refractivity contribution in [3.8, 4) is 0 Å². The van der Waals surface area contributed by atoms with Crippen LogP contribution in [-0.2, 0) is 5.41 Å². The molecule has 0 radical (unpaired) electrons. The van der Waals surface area contributed by atoms with Crippen molar-refractivity contribution in [3.05, 3.63) is 209 Å². The van der Waals surface area contributed by atoms with E-state index < -0.39 is 5.54 Å². The van der Waals surface area contributed by atoms with E-state index >= 15 is 0 Å². The Morgan fingerprint density at radius 2 is 1.33 bits per heavy atom. The molecular weight excluding hydrogens is 555 g/mol. The third-order valence-electron chi connectivity index (χ3n) is 9.84. The maximum absolute atomic E-state index is 2.50. The molecule has 2 aromatic carbocycles. The minimum Gasteiger partial charge on any atom is -0.329 e. The van der Waals surface area contributed by atoms with Gasteiger partial charge in [0.2, 0.25) is 0 Å². The van der Waals surface area contributed by atoms with Gasteiger partial charge in [-0.15, -0.1) is 0 Å². The minimum absolute atomic E-state index is 0.0155. The van der Waals surface area contributed by atoms with Crippen LogP contribution < -0.4 is 0 Å². The molecule has 7 rings (SSSR count). The lowest BCUT2D eigenvalue weighted by Crippen LogP contribution is -2.41. The van der Waals surface area contributed by atoms with Crippen molar-refractivity contribution in [2.24, 2.45) is 5.41 Å². The van der Waals surface area contributed by atoms with Crippen LogP contribution in [0.25, 0.3) is 5.57 Å². The first-order valence-corrected chi connectivity index (χ1v) is 16.5. The monoisotopic (exact) mass is 597 g/mol. The van der Waals surface area contributed by atoms with Crippen LogP contribution in [0.2, 0.25) is 0 Å². The van der Waals surface area contributed by atoms with Gasteiger partial charge in [0.05, 0.1) is 5.54 Å². The van der Waals surface area contributed by atoms with E-state index in [0.717, 1.165) is 24.2 Å². The third kappa shape index (κ3) is 5.79. The second-order valence-corrected chi connectivity index (χ2v) is 14.0. The summed E-state index contributed by atoms with van der Waals surface area (Å²) in [5.74, 6) is 0. The average molecular weight is 598 g/mol. The van der Waals surface area contributed by atoms with Crippen molar-refractivity contribution < 1.29 is 0 Å². The van der Waals surface area contributed by atoms with Gasteiger partial charge in [-0.3, -0.25) is 0 Å². The molecule has 0 saturated carbocycles. The Morgan fingerprint density at radius 3 is 2.13 bits per heavy atom. The molecule has 228 valence electrons. The van der Waals surface area contributed by atoms with E-state index in [1.54, 1.807) is 0 Å². The van der Waals surface area contributed by atoms with Crippen LogP contribution in [0.5, 0.6) is 0 Å². The molecule has 5 aliphatic carbocycles. The lowest BCUT2D eigenvalue weighted by atomic mass is 9.82. The molecule has 2 aromatic rings. The molecule has 2 atom stereocenters. The number of rotatable bonds is 5. The van der Waals surface area contributed by atoms with E-state index in [9.17, 15) is 0 Å². The van der Waals surface area contributed by atoms with Crippen LogP contribution in [-0.4, -0.2) is 10.4 Å². The Kier molecular flexibility index (Phi) is 7.65. The summed E-state index contributed by atoms with van der Waals surface area (Å²) in [4.78, 5) is 2.50. The van der Waals surface area contributed by atoms with Crippen LogP contribution in [0.4, 0.5) is 0 Å². The molecule has 1 nitrogen and oxygen atoms in total. The number of fused-ring (bicyclic) bond motifs is 2. The van der Waals surface area contributed by atoms with Gasteiger partial charge in [-0.25, -0.2) is 0 Å². The highest BCUT2D eigenvalue weighted by molar-refractivity contribution is 5.70. The van der Waals surface area contributed by atoms with E-state index in [1.165, 1.54) is 39.0 Å². The van der Waals surface area contributed by atoms with Crippen molar-refractivity contribution >= 4 is 5.57 Å². The van der Waals surface area contributed by atoms with E-state index in [2.05, 4.69) is 197 Å². The molecule has 0 amide bonds. The topological polar surface area (TPSA) is 3.24 Å². The summed E-state index contributed by atoms with van der Waals surface area (Å²) < 4.78 is 0. The number of hydrogen-bond acceptors (Lipinski definition) is 1. The van der Waals surface area contributed by atoms with Crippen molar-refractivity contribution in [3.63, 3.8) is 0 Å². The van der Waals surface area contributed by atoms with Gasteiger partial charge < -0.3 is 4.90 Å². The zero-order chi connectivity index (χ0) is 31.8. The molecule has 0 aromatic heterocycles. The Labute approximate surface area is 275 Å². The average Bonchev–Trinajstić information content (AvgIpc) is 3.36. The maximum Gasteiger partial charge on any atom is 0.0795 e. The molecule has 2 unspecified atom stereocenters. The van der Waals surface area contributed by atoms with Gasteiger partial charge in [0.25, 0.3) is 0 Å². The van der Waals surface area contributed by atoms with Crippen molar-refractivity contribution in [1.82, 2.24) is 4.90 Å². The summed E-state index contributed by atoms with van der Waals surface area (Å²) in [5.41, 5.74) is 11.1. The van der Waals surface area contributed by atoms with Crippen LogP contribution in [0, 0.1) is 5.41 Å². The molecular formula is C45H43N. The molecule has 0 aliphatic heterocycles. The smallest absolute Gasteiger partial charge is 0.0795 e. The Balaban J connectivity index is 1.31. The van der Waals surface area contributed by atoms with E-state index in [4.69, 9.17) is 0 Å². The zero-order valence-corrected chi connectivity index (χ0v) is 27.4. The summed E-state index contributed by atoms with van der Waals surface area (Å²) in [6.07, 6.45) is 41.4. The van der Waals surface area contributed by atoms with Crippen molar-refractivity contribution in [1.29, 1.82) is 0 Å². The first-order chi connectivity index (χ1) is 22.2. The highest BCUT2D eigenvalue weighted by Crippen LogP contribution is 2.45. The standard InChI is InChI=1S/C45H43N/c1-43(2)27-12-17-36-32-37-24-30-45(4,31-26-41(37)42(36)33-43)46(39-20-11-16-35(22-23-39)34-14-7-5-8-15-34)40-21-13-28-44(3,29-25-40)38-18-9-6-10-19-38/h5-15,17-31,33H,16,32H2,1-4H3. The fraction of sp³-hybridized carbons (Fsp3) is 0.200. The predicted octanol–water partition coefficient (Wildman–Crippen LogP) is 11.2. The highest BCUT2D eigenvalue weighted by Gasteiger charge is 2.34. The quantitative estimate of drug-likeness (QED) is 0.331. The van der Waals surface area contributed by atoms with Crippen molar-refractivity contribution in [2.45, 2.75) is 51.5 Å². The molecule has 0 spiro atoms. The van der Waals surface area contributed by atoms with Crippen LogP contribution in [0.1, 0.15) is 51.7 Å². The highest BCUT2D eigenvalue weighted by atomic mass is 15.2. The third-order valence-corrected chi connectivity index (χ3v) is 9.84. The second kappa shape index (κ2) is 11.8. The number of nitrogens with zero attached hydrogens (tertiary/aromatic N) is 1. The maximum atomic E-state index is 2.50. The first kappa shape index (κ1) is 29.8. The van der Waals surface area contributed by atoms with Gasteiger partial charge in [0, 0.05) is 22.2 Å².